The lowest BCUT2D eigenvalue weighted by Gasteiger charge is -2.08. The molecule has 3 aromatic heterocycles. The molecule has 0 saturated carbocycles. The maximum Gasteiger partial charge on any atom is 0.328 e. The van der Waals surface area contributed by atoms with Crippen LogP contribution in [0.2, 0.25) is 0 Å². The quantitative estimate of drug-likeness (QED) is 0.591. The molecule has 10 heteroatoms. The third-order valence-corrected chi connectivity index (χ3v) is 3.59. The Morgan fingerprint density at radius 2 is 2.08 bits per heavy atom. The summed E-state index contributed by atoms with van der Waals surface area (Å²) in [5.74, 6) is -0.256. The Balaban J connectivity index is 1.73. The number of amides is 1. The summed E-state index contributed by atoms with van der Waals surface area (Å²) in [6.45, 7) is 0.146. The van der Waals surface area contributed by atoms with Crippen LogP contribution in [0.25, 0.3) is 0 Å². The van der Waals surface area contributed by atoms with E-state index in [4.69, 9.17) is 4.42 Å². The van der Waals surface area contributed by atoms with Crippen LogP contribution >= 0.6 is 0 Å². The third kappa shape index (κ3) is 3.69. The molecule has 0 aliphatic rings. The molecule has 0 bridgehead atoms. The maximum atomic E-state index is 12.4. The molecule has 0 radical (unpaired) electrons. The number of nitrogens with zero attached hydrogens (tertiary/aromatic N) is 3. The van der Waals surface area contributed by atoms with Crippen molar-refractivity contribution < 1.29 is 9.21 Å². The van der Waals surface area contributed by atoms with E-state index in [-0.39, 0.29) is 30.8 Å². The molecule has 0 aliphatic carbocycles. The second-order valence-electron chi connectivity index (χ2n) is 5.32. The molecular formula is C16H15N5O5. The zero-order valence-electron chi connectivity index (χ0n) is 13.5. The molecule has 3 heterocycles. The van der Waals surface area contributed by atoms with Crippen LogP contribution in [0.1, 0.15) is 16.1 Å². The highest BCUT2D eigenvalue weighted by atomic mass is 16.3. The fourth-order valence-corrected chi connectivity index (χ4v) is 2.30. The molecule has 3 aromatic rings. The van der Waals surface area contributed by atoms with E-state index in [1.807, 2.05) is 0 Å². The first kappa shape index (κ1) is 17.1. The Morgan fingerprint density at radius 3 is 2.81 bits per heavy atom. The number of carbonyl (C=O) groups is 1. The van der Waals surface area contributed by atoms with Crippen LogP contribution in [0.4, 0.5) is 0 Å². The number of furan rings is 1. The normalized spacial score (nSPS) is 10.6. The number of carbonyl (C=O) groups excluding carboxylic acids is 1. The zero-order chi connectivity index (χ0) is 18.5. The molecule has 0 spiro atoms. The lowest BCUT2D eigenvalue weighted by molar-refractivity contribution is 0.0949. The minimum Gasteiger partial charge on any atom is -0.467 e. The predicted molar refractivity (Wildman–Crippen MR) is 90.0 cm³/mol. The van der Waals surface area contributed by atoms with Crippen LogP contribution in [0.5, 0.6) is 0 Å². The van der Waals surface area contributed by atoms with Crippen molar-refractivity contribution in [3.05, 3.63) is 85.4 Å². The van der Waals surface area contributed by atoms with Crippen molar-refractivity contribution in [2.75, 3.05) is 6.54 Å². The van der Waals surface area contributed by atoms with Crippen molar-refractivity contribution in [1.82, 2.24) is 24.6 Å². The lowest BCUT2D eigenvalue weighted by atomic mass is 10.3. The highest BCUT2D eigenvalue weighted by Gasteiger charge is 2.15. The van der Waals surface area contributed by atoms with E-state index in [1.165, 1.54) is 29.3 Å². The maximum absolute atomic E-state index is 12.4. The molecule has 134 valence electrons. The molecule has 0 fully saturated rings. The van der Waals surface area contributed by atoms with Crippen LogP contribution in [-0.4, -0.2) is 31.8 Å². The van der Waals surface area contributed by atoms with Crippen molar-refractivity contribution in [3.63, 3.8) is 0 Å². The van der Waals surface area contributed by atoms with Gasteiger partial charge in [-0.25, -0.2) is 9.48 Å². The number of hydrogen-bond donors (Lipinski definition) is 2. The Kier molecular flexibility index (Phi) is 4.92. The highest BCUT2D eigenvalue weighted by molar-refractivity contribution is 5.93. The second-order valence-corrected chi connectivity index (χ2v) is 5.32. The Hall–Kier alpha value is -3.69. The minimum atomic E-state index is -0.738. The van der Waals surface area contributed by atoms with Gasteiger partial charge in [-0.3, -0.25) is 19.0 Å². The molecule has 0 aromatic carbocycles. The summed E-state index contributed by atoms with van der Waals surface area (Å²) in [4.78, 5) is 50.4. The van der Waals surface area contributed by atoms with Crippen LogP contribution in [0, 0.1) is 0 Å². The molecule has 10 nitrogen and oxygen atoms in total. The number of aromatic nitrogens is 4. The Bertz CT molecular complexity index is 1080. The van der Waals surface area contributed by atoms with Gasteiger partial charge < -0.3 is 14.7 Å². The average molecular weight is 357 g/mol. The Labute approximate surface area is 145 Å². The van der Waals surface area contributed by atoms with Crippen molar-refractivity contribution in [1.29, 1.82) is 0 Å². The first-order valence-electron chi connectivity index (χ1n) is 7.71. The van der Waals surface area contributed by atoms with Gasteiger partial charge in [0.05, 0.1) is 19.4 Å². The first-order chi connectivity index (χ1) is 12.6. The molecule has 0 unspecified atom stereocenters. The van der Waals surface area contributed by atoms with E-state index in [0.717, 1.165) is 10.8 Å². The van der Waals surface area contributed by atoms with Gasteiger partial charge in [0.15, 0.2) is 0 Å². The van der Waals surface area contributed by atoms with E-state index in [0.29, 0.717) is 5.76 Å². The monoisotopic (exact) mass is 357 g/mol. The van der Waals surface area contributed by atoms with Gasteiger partial charge in [0.1, 0.15) is 11.3 Å². The number of rotatable bonds is 6. The van der Waals surface area contributed by atoms with Crippen molar-refractivity contribution in [2.45, 2.75) is 13.1 Å². The standard InChI is InChI=1S/C16H15N5O5/c22-13-4-1-5-19-21(13)7-6-17-14(23)12-9-18-16(25)20(15(12)24)10-11-3-2-8-26-11/h1-5,8-9H,6-7,10H2,(H,17,23)(H,18,25). The van der Waals surface area contributed by atoms with E-state index in [9.17, 15) is 19.2 Å². The van der Waals surface area contributed by atoms with Crippen LogP contribution in [0.15, 0.2) is 61.7 Å². The van der Waals surface area contributed by atoms with Gasteiger partial charge in [-0.1, -0.05) is 0 Å². The summed E-state index contributed by atoms with van der Waals surface area (Å²) in [6.07, 6.45) is 3.94. The SMILES string of the molecule is O=C(NCCn1ncccc1=O)c1c[nH]c(=O)n(Cc2ccco2)c1=O. The molecule has 0 aliphatic heterocycles. The van der Waals surface area contributed by atoms with Gasteiger partial charge in [0.2, 0.25) is 0 Å². The zero-order valence-corrected chi connectivity index (χ0v) is 13.5. The summed E-state index contributed by atoms with van der Waals surface area (Å²) in [6, 6.07) is 6.11. The third-order valence-electron chi connectivity index (χ3n) is 3.59. The molecule has 26 heavy (non-hydrogen) atoms. The highest BCUT2D eigenvalue weighted by Crippen LogP contribution is 2.00. The second kappa shape index (κ2) is 7.47. The first-order valence-corrected chi connectivity index (χ1v) is 7.71. The molecule has 0 atom stereocenters. The van der Waals surface area contributed by atoms with Crippen molar-refractivity contribution in [3.8, 4) is 0 Å². The predicted octanol–water partition coefficient (Wildman–Crippen LogP) is -0.835. The fourth-order valence-electron chi connectivity index (χ4n) is 2.30. The van der Waals surface area contributed by atoms with Crippen molar-refractivity contribution >= 4 is 5.91 Å². The molecule has 3 rings (SSSR count). The average Bonchev–Trinajstić information content (AvgIpc) is 3.13. The molecule has 0 saturated heterocycles. The fraction of sp³-hybridized carbons (Fsp3) is 0.188. The number of nitrogens with one attached hydrogen (secondary N) is 2. The summed E-state index contributed by atoms with van der Waals surface area (Å²) in [5, 5.41) is 6.39. The minimum absolute atomic E-state index is 0.0898. The van der Waals surface area contributed by atoms with Gasteiger partial charge in [0, 0.05) is 25.0 Å². The van der Waals surface area contributed by atoms with E-state index in [1.54, 1.807) is 12.1 Å². The van der Waals surface area contributed by atoms with Gasteiger partial charge in [0.25, 0.3) is 17.0 Å². The summed E-state index contributed by atoms with van der Waals surface area (Å²) < 4.78 is 7.18. The molecule has 2 N–H and O–H groups in total. The van der Waals surface area contributed by atoms with Crippen LogP contribution < -0.4 is 22.1 Å². The lowest BCUT2D eigenvalue weighted by Crippen LogP contribution is -2.41. The van der Waals surface area contributed by atoms with Crippen LogP contribution in [-0.2, 0) is 13.1 Å². The van der Waals surface area contributed by atoms with E-state index in [2.05, 4.69) is 15.4 Å². The van der Waals surface area contributed by atoms with Crippen molar-refractivity contribution in [2.24, 2.45) is 0 Å². The molecular weight excluding hydrogens is 342 g/mol. The summed E-state index contributed by atoms with van der Waals surface area (Å²) in [7, 11) is 0. The largest absolute Gasteiger partial charge is 0.467 e. The number of H-pyrrole nitrogens is 1. The Morgan fingerprint density at radius 1 is 1.23 bits per heavy atom. The smallest absolute Gasteiger partial charge is 0.328 e. The topological polar surface area (TPSA) is 132 Å². The van der Waals surface area contributed by atoms with Gasteiger partial charge >= 0.3 is 5.69 Å². The van der Waals surface area contributed by atoms with E-state index < -0.39 is 17.2 Å². The van der Waals surface area contributed by atoms with Gasteiger partial charge in [-0.15, -0.1) is 0 Å². The van der Waals surface area contributed by atoms with Gasteiger partial charge in [-0.2, -0.15) is 5.10 Å². The van der Waals surface area contributed by atoms with Gasteiger partial charge in [-0.05, 0) is 18.2 Å². The summed E-state index contributed by atoms with van der Waals surface area (Å²) in [5.41, 5.74) is -1.91. The summed E-state index contributed by atoms with van der Waals surface area (Å²) >= 11 is 0. The van der Waals surface area contributed by atoms with E-state index >= 15 is 0 Å². The number of hydrogen-bond acceptors (Lipinski definition) is 6. The number of aromatic amines is 1. The molecule has 1 amide bonds. The van der Waals surface area contributed by atoms with Crippen LogP contribution in [0.3, 0.4) is 0 Å².